The fourth-order valence-corrected chi connectivity index (χ4v) is 5.22. The lowest BCUT2D eigenvalue weighted by molar-refractivity contribution is -0.0501. The molecule has 0 fully saturated rings. The van der Waals surface area contributed by atoms with Gasteiger partial charge >= 0.3 is 6.61 Å². The van der Waals surface area contributed by atoms with Gasteiger partial charge in [0.25, 0.3) is 5.91 Å². The number of ketones is 1. The highest BCUT2D eigenvalue weighted by Gasteiger charge is 2.20. The summed E-state index contributed by atoms with van der Waals surface area (Å²) in [6, 6.07) is 20.0. The predicted octanol–water partition coefficient (Wildman–Crippen LogP) is 7.59. The van der Waals surface area contributed by atoms with Gasteiger partial charge in [-0.2, -0.15) is 8.78 Å². The third kappa shape index (κ3) is 7.20. The first kappa shape index (κ1) is 28.1. The first-order chi connectivity index (χ1) is 20.0. The normalized spacial score (nSPS) is 12.0. The van der Waals surface area contributed by atoms with Gasteiger partial charge in [0, 0.05) is 12.0 Å². The van der Waals surface area contributed by atoms with Crippen LogP contribution in [-0.2, 0) is 0 Å². The van der Waals surface area contributed by atoms with E-state index in [1.54, 1.807) is 23.8 Å². The Bertz CT molecular complexity index is 1620. The number of carbonyl (C=O) groups excluding carboxylic acids is 2. The fourth-order valence-electron chi connectivity index (χ4n) is 4.69. The van der Waals surface area contributed by atoms with Crippen LogP contribution < -0.4 is 10.1 Å². The van der Waals surface area contributed by atoms with Gasteiger partial charge in [-0.15, -0.1) is 11.3 Å². The number of carbonyl (C=O) groups is 2. The molecule has 0 bridgehead atoms. The van der Waals surface area contributed by atoms with Crippen molar-refractivity contribution in [3.05, 3.63) is 101 Å². The molecule has 0 radical (unpaired) electrons. The molecule has 41 heavy (non-hydrogen) atoms. The number of H-pyrrole nitrogens is 1. The molecule has 1 amide bonds. The number of aromatic nitrogens is 3. The van der Waals surface area contributed by atoms with Crippen molar-refractivity contribution in [1.29, 1.82) is 0 Å². The molecule has 0 aliphatic heterocycles. The number of unbranched alkanes of at least 4 members (excludes halogenated alkanes) is 2. The molecule has 1 atom stereocenters. The Kier molecular flexibility index (Phi) is 9.10. The van der Waals surface area contributed by atoms with Gasteiger partial charge in [-0.05, 0) is 41.8 Å². The van der Waals surface area contributed by atoms with Gasteiger partial charge < -0.3 is 15.0 Å². The van der Waals surface area contributed by atoms with Crippen molar-refractivity contribution in [2.24, 2.45) is 0 Å². The van der Waals surface area contributed by atoms with Gasteiger partial charge in [-0.25, -0.2) is 4.98 Å². The maximum atomic E-state index is 12.9. The highest BCUT2D eigenvalue weighted by atomic mass is 32.1. The zero-order valence-electron chi connectivity index (χ0n) is 22.1. The van der Waals surface area contributed by atoms with Crippen molar-refractivity contribution >= 4 is 33.8 Å². The quantitative estimate of drug-likeness (QED) is 0.112. The Morgan fingerprint density at radius 3 is 2.56 bits per heavy atom. The topological polar surface area (TPSA) is 97.0 Å². The lowest BCUT2D eigenvalue weighted by Crippen LogP contribution is -2.28. The largest absolute Gasteiger partial charge is 0.434 e. The summed E-state index contributed by atoms with van der Waals surface area (Å²) in [7, 11) is 0. The molecule has 2 heterocycles. The van der Waals surface area contributed by atoms with Gasteiger partial charge in [0.15, 0.2) is 5.78 Å². The molecule has 0 saturated heterocycles. The number of benzene rings is 3. The molecule has 5 aromatic rings. The molecular weight excluding hydrogens is 546 g/mol. The fraction of sp³-hybridized carbons (Fsp3) is 0.226. The average Bonchev–Trinajstić information content (AvgIpc) is 3.69. The van der Waals surface area contributed by atoms with E-state index in [9.17, 15) is 18.4 Å². The first-order valence-electron chi connectivity index (χ1n) is 13.3. The van der Waals surface area contributed by atoms with Gasteiger partial charge in [0.2, 0.25) is 0 Å². The minimum atomic E-state index is -3.00. The van der Waals surface area contributed by atoms with E-state index < -0.39 is 6.61 Å². The molecular formula is C31H28F2N4O3S. The predicted molar refractivity (Wildman–Crippen MR) is 154 cm³/mol. The summed E-state index contributed by atoms with van der Waals surface area (Å²) < 4.78 is 29.9. The molecule has 0 aliphatic rings. The van der Waals surface area contributed by atoms with E-state index >= 15 is 0 Å². The lowest BCUT2D eigenvalue weighted by atomic mass is 10.0. The molecule has 3 aromatic carbocycles. The number of Topliss-reactive ketones (excluding diaryl/α,β-unsaturated/α-hetero) is 1. The number of hydrogen-bond donors (Lipinski definition) is 2. The van der Waals surface area contributed by atoms with Crippen LogP contribution in [0.2, 0.25) is 0 Å². The standard InChI is InChI=1S/C31H28F2N4O3S/c32-31(33)40-27-13-7-6-10-23(27)26(38)12-3-1-2-11-24(37-30(39)28-18-34-19-41-28)29-35-17-25(36-29)22-15-14-20-8-4-5-9-21(20)16-22/h4-10,13-19,24,31H,1-3,11-12H2,(H,35,36)(H,37,39)/t24-/m0/s1. The number of aromatic amines is 1. The second-order valence-corrected chi connectivity index (χ2v) is 10.4. The molecule has 5 rings (SSSR count). The Hall–Kier alpha value is -4.44. The molecule has 0 unspecified atom stereocenters. The smallest absolute Gasteiger partial charge is 0.387 e. The number of imidazole rings is 1. The Morgan fingerprint density at radius 2 is 1.76 bits per heavy atom. The Balaban J connectivity index is 1.23. The van der Waals surface area contributed by atoms with E-state index in [0.717, 1.165) is 22.0 Å². The number of halogens is 2. The number of ether oxygens (including phenoxy) is 1. The summed E-state index contributed by atoms with van der Waals surface area (Å²) in [5.41, 5.74) is 3.60. The first-order valence-corrected chi connectivity index (χ1v) is 14.2. The second-order valence-electron chi connectivity index (χ2n) is 9.53. The van der Waals surface area contributed by atoms with Gasteiger partial charge in [0.1, 0.15) is 16.5 Å². The van der Waals surface area contributed by atoms with E-state index in [0.29, 0.717) is 36.4 Å². The number of nitrogens with one attached hydrogen (secondary N) is 2. The van der Waals surface area contributed by atoms with Crippen molar-refractivity contribution in [3.8, 4) is 17.0 Å². The molecule has 7 nitrogen and oxygen atoms in total. The van der Waals surface area contributed by atoms with Crippen LogP contribution in [0.4, 0.5) is 8.78 Å². The number of hydrogen-bond acceptors (Lipinski definition) is 6. The maximum absolute atomic E-state index is 12.9. The van der Waals surface area contributed by atoms with Crippen LogP contribution in [0.25, 0.3) is 22.0 Å². The third-order valence-electron chi connectivity index (χ3n) is 6.75. The summed E-state index contributed by atoms with van der Waals surface area (Å²) >= 11 is 1.26. The number of amides is 1. The van der Waals surface area contributed by atoms with Gasteiger partial charge in [-0.1, -0.05) is 61.4 Å². The Morgan fingerprint density at radius 1 is 0.951 bits per heavy atom. The number of thiazole rings is 1. The van der Waals surface area contributed by atoms with Crippen molar-refractivity contribution in [1.82, 2.24) is 20.3 Å². The van der Waals surface area contributed by atoms with Crippen LogP contribution in [0, 0.1) is 0 Å². The molecule has 0 spiro atoms. The summed E-state index contributed by atoms with van der Waals surface area (Å²) in [6.45, 7) is -3.00. The highest BCUT2D eigenvalue weighted by molar-refractivity contribution is 7.11. The average molecular weight is 575 g/mol. The molecule has 0 saturated carbocycles. The number of rotatable bonds is 13. The number of alkyl halides is 2. The highest BCUT2D eigenvalue weighted by Crippen LogP contribution is 2.27. The molecule has 2 aromatic heterocycles. The Labute approximate surface area is 239 Å². The van der Waals surface area contributed by atoms with Gasteiger partial charge in [-0.3, -0.25) is 14.6 Å². The van der Waals surface area contributed by atoms with E-state index in [4.69, 9.17) is 0 Å². The number of para-hydroxylation sites is 1. The van der Waals surface area contributed by atoms with Crippen molar-refractivity contribution in [2.45, 2.75) is 44.8 Å². The zero-order chi connectivity index (χ0) is 28.6. The third-order valence-corrected chi connectivity index (χ3v) is 7.52. The van der Waals surface area contributed by atoms with Crippen LogP contribution in [-0.4, -0.2) is 33.3 Å². The number of fused-ring (bicyclic) bond motifs is 1. The minimum absolute atomic E-state index is 0.113. The minimum Gasteiger partial charge on any atom is -0.434 e. The SMILES string of the molecule is O=C(N[C@@H](CCCCCC(=O)c1ccccc1OC(F)F)c1ncc(-c2ccc3ccccc3c2)[nH]1)c1cncs1. The van der Waals surface area contributed by atoms with Crippen LogP contribution in [0.15, 0.2) is 84.6 Å². The summed E-state index contributed by atoms with van der Waals surface area (Å²) in [6.07, 6.45) is 6.07. The summed E-state index contributed by atoms with van der Waals surface area (Å²) in [5, 5.41) is 5.33. The monoisotopic (exact) mass is 574 g/mol. The molecule has 10 heteroatoms. The van der Waals surface area contributed by atoms with Crippen LogP contribution >= 0.6 is 11.3 Å². The van der Waals surface area contributed by atoms with Crippen LogP contribution in [0.1, 0.15) is 64.0 Å². The summed E-state index contributed by atoms with van der Waals surface area (Å²) in [4.78, 5) is 38.0. The number of nitrogens with zero attached hydrogens (tertiary/aromatic N) is 2. The summed E-state index contributed by atoms with van der Waals surface area (Å²) in [5.74, 6) is 0.0490. The second kappa shape index (κ2) is 13.3. The zero-order valence-corrected chi connectivity index (χ0v) is 22.9. The van der Waals surface area contributed by atoms with Crippen molar-refractivity contribution in [2.75, 3.05) is 0 Å². The maximum Gasteiger partial charge on any atom is 0.387 e. The molecule has 210 valence electrons. The van der Waals surface area contributed by atoms with E-state index in [2.05, 4.69) is 49.3 Å². The van der Waals surface area contributed by atoms with Crippen molar-refractivity contribution < 1.29 is 23.1 Å². The lowest BCUT2D eigenvalue weighted by Gasteiger charge is -2.16. The van der Waals surface area contributed by atoms with E-state index in [1.807, 2.05) is 18.2 Å². The van der Waals surface area contributed by atoms with Crippen molar-refractivity contribution in [3.63, 3.8) is 0 Å². The molecule has 2 N–H and O–H groups in total. The molecule has 0 aliphatic carbocycles. The van der Waals surface area contributed by atoms with Crippen LogP contribution in [0.3, 0.4) is 0 Å². The van der Waals surface area contributed by atoms with Gasteiger partial charge in [0.05, 0.1) is 35.2 Å². The van der Waals surface area contributed by atoms with E-state index in [1.165, 1.54) is 29.7 Å². The van der Waals surface area contributed by atoms with E-state index in [-0.39, 0.29) is 35.5 Å². The van der Waals surface area contributed by atoms with Crippen LogP contribution in [0.5, 0.6) is 5.75 Å².